The highest BCUT2D eigenvalue weighted by molar-refractivity contribution is 7.17. The van der Waals surface area contributed by atoms with Crippen molar-refractivity contribution in [2.45, 2.75) is 13.0 Å². The summed E-state index contributed by atoms with van der Waals surface area (Å²) < 4.78 is 15.9. The van der Waals surface area contributed by atoms with Gasteiger partial charge in [0, 0.05) is 6.07 Å². The van der Waals surface area contributed by atoms with Crippen LogP contribution in [0.3, 0.4) is 0 Å². The smallest absolute Gasteiger partial charge is 0.349 e. The molecule has 0 radical (unpaired) electrons. The van der Waals surface area contributed by atoms with Gasteiger partial charge in [-0.25, -0.2) is 4.79 Å². The maximum Gasteiger partial charge on any atom is 0.349 e. The van der Waals surface area contributed by atoms with Gasteiger partial charge >= 0.3 is 5.97 Å². The van der Waals surface area contributed by atoms with E-state index < -0.39 is 18.0 Å². The minimum Gasteiger partial charge on any atom is -0.497 e. The summed E-state index contributed by atoms with van der Waals surface area (Å²) in [5, 5.41) is 2.65. The quantitative estimate of drug-likeness (QED) is 0.787. The molecule has 1 aromatic carbocycles. The predicted octanol–water partition coefficient (Wildman–Crippen LogP) is 3.60. The van der Waals surface area contributed by atoms with Crippen LogP contribution < -0.4 is 14.8 Å². The van der Waals surface area contributed by atoms with Gasteiger partial charge in [-0.05, 0) is 31.2 Å². The third-order valence-corrected chi connectivity index (χ3v) is 4.30. The number of methoxy groups -OCH3 is 2. The molecule has 1 heterocycles. The van der Waals surface area contributed by atoms with Gasteiger partial charge in [0.25, 0.3) is 5.91 Å². The summed E-state index contributed by atoms with van der Waals surface area (Å²) in [4.78, 5) is 24.5. The Labute approximate surface area is 148 Å². The first-order chi connectivity index (χ1) is 11.4. The number of halogens is 1. The van der Waals surface area contributed by atoms with Crippen molar-refractivity contribution in [3.05, 3.63) is 39.5 Å². The number of anilines is 1. The van der Waals surface area contributed by atoms with Gasteiger partial charge in [0.2, 0.25) is 0 Å². The maximum atomic E-state index is 12.2. The summed E-state index contributed by atoms with van der Waals surface area (Å²) in [5.74, 6) is -0.0681. The van der Waals surface area contributed by atoms with Gasteiger partial charge in [-0.2, -0.15) is 0 Å². The molecule has 2 aromatic rings. The number of hydrogen-bond acceptors (Lipinski definition) is 6. The molecule has 128 valence electrons. The Hall–Kier alpha value is -2.25. The zero-order chi connectivity index (χ0) is 17.7. The molecule has 0 bridgehead atoms. The molecule has 0 saturated heterocycles. The maximum absolute atomic E-state index is 12.2. The minimum atomic E-state index is -0.991. The van der Waals surface area contributed by atoms with Gasteiger partial charge < -0.3 is 19.5 Å². The van der Waals surface area contributed by atoms with Crippen LogP contribution in [-0.2, 0) is 9.53 Å². The van der Waals surface area contributed by atoms with Crippen LogP contribution in [0.25, 0.3) is 0 Å². The highest BCUT2D eigenvalue weighted by atomic mass is 35.5. The van der Waals surface area contributed by atoms with Crippen LogP contribution in [0.1, 0.15) is 16.6 Å². The molecule has 1 N–H and O–H groups in total. The topological polar surface area (TPSA) is 73.9 Å². The average molecular weight is 370 g/mol. The Kier molecular flexibility index (Phi) is 6.05. The molecule has 24 heavy (non-hydrogen) atoms. The molecule has 0 spiro atoms. The Balaban J connectivity index is 2.05. The van der Waals surface area contributed by atoms with E-state index in [9.17, 15) is 9.59 Å². The number of benzene rings is 1. The number of thiophene rings is 1. The molecule has 8 heteroatoms. The molecule has 0 aliphatic heterocycles. The van der Waals surface area contributed by atoms with Crippen LogP contribution in [0.15, 0.2) is 30.3 Å². The number of carbonyl (C=O) groups is 2. The van der Waals surface area contributed by atoms with Crippen LogP contribution >= 0.6 is 22.9 Å². The lowest BCUT2D eigenvalue weighted by Gasteiger charge is -2.15. The van der Waals surface area contributed by atoms with Gasteiger partial charge in [-0.15, -0.1) is 11.3 Å². The van der Waals surface area contributed by atoms with Gasteiger partial charge in [-0.3, -0.25) is 4.79 Å². The van der Waals surface area contributed by atoms with Crippen molar-refractivity contribution in [2.24, 2.45) is 0 Å². The van der Waals surface area contributed by atoms with Gasteiger partial charge in [0.05, 0.1) is 24.2 Å². The van der Waals surface area contributed by atoms with Crippen LogP contribution in [0.4, 0.5) is 5.69 Å². The average Bonchev–Trinajstić information content (AvgIpc) is 3.01. The van der Waals surface area contributed by atoms with E-state index in [0.717, 1.165) is 11.3 Å². The molecule has 0 aliphatic carbocycles. The van der Waals surface area contributed by atoms with Crippen LogP contribution in [-0.4, -0.2) is 32.2 Å². The van der Waals surface area contributed by atoms with Crippen LogP contribution in [0.5, 0.6) is 11.5 Å². The molecule has 1 atom stereocenters. The highest BCUT2D eigenvalue weighted by Gasteiger charge is 2.21. The standard InChI is InChI=1S/C16H16ClNO5S/c1-9(23-16(20)13-6-7-14(17)24-13)15(19)18-11-8-10(21-2)4-5-12(11)22-3/h4-9H,1-3H3,(H,18,19)/t9-/m0/s1. The van der Waals surface area contributed by atoms with E-state index in [2.05, 4.69) is 5.32 Å². The number of nitrogens with one attached hydrogen (secondary N) is 1. The first-order valence-electron chi connectivity index (χ1n) is 6.93. The fraction of sp³-hybridized carbons (Fsp3) is 0.250. The van der Waals surface area contributed by atoms with Gasteiger partial charge in [-0.1, -0.05) is 11.6 Å². The van der Waals surface area contributed by atoms with E-state index in [1.165, 1.54) is 21.1 Å². The van der Waals surface area contributed by atoms with Crippen molar-refractivity contribution in [2.75, 3.05) is 19.5 Å². The van der Waals surface area contributed by atoms with E-state index >= 15 is 0 Å². The van der Waals surface area contributed by atoms with Gasteiger partial charge in [0.15, 0.2) is 6.10 Å². The van der Waals surface area contributed by atoms with Gasteiger partial charge in [0.1, 0.15) is 16.4 Å². The van der Waals surface area contributed by atoms with E-state index in [1.54, 1.807) is 30.3 Å². The first kappa shape index (κ1) is 18.1. The molecule has 1 amide bonds. The first-order valence-corrected chi connectivity index (χ1v) is 8.13. The summed E-state index contributed by atoms with van der Waals surface area (Å²) in [6.45, 7) is 1.48. The van der Waals surface area contributed by atoms with E-state index in [1.807, 2.05) is 0 Å². The second kappa shape index (κ2) is 8.03. The molecule has 0 saturated carbocycles. The van der Waals surface area contributed by atoms with E-state index in [0.29, 0.717) is 26.4 Å². The third kappa shape index (κ3) is 4.39. The summed E-state index contributed by atoms with van der Waals surface area (Å²) in [5.41, 5.74) is 0.420. The van der Waals surface area contributed by atoms with E-state index in [-0.39, 0.29) is 0 Å². The van der Waals surface area contributed by atoms with Crippen molar-refractivity contribution < 1.29 is 23.8 Å². The Morgan fingerprint density at radius 2 is 1.92 bits per heavy atom. The minimum absolute atomic E-state index is 0.332. The third-order valence-electron chi connectivity index (χ3n) is 3.09. The molecule has 0 fully saturated rings. The molecule has 6 nitrogen and oxygen atoms in total. The summed E-state index contributed by atoms with van der Waals surface area (Å²) in [6.07, 6.45) is -0.991. The normalized spacial score (nSPS) is 11.5. The monoisotopic (exact) mass is 369 g/mol. The molecule has 0 unspecified atom stereocenters. The Bertz CT molecular complexity index is 746. The fourth-order valence-corrected chi connectivity index (χ4v) is 2.77. The van der Waals surface area contributed by atoms with E-state index in [4.69, 9.17) is 25.8 Å². The highest BCUT2D eigenvalue weighted by Crippen LogP contribution is 2.29. The number of amides is 1. The summed E-state index contributed by atoms with van der Waals surface area (Å²) in [6, 6.07) is 8.13. The lowest BCUT2D eigenvalue weighted by atomic mass is 10.2. The Morgan fingerprint density at radius 1 is 1.17 bits per heavy atom. The predicted molar refractivity (Wildman–Crippen MR) is 92.4 cm³/mol. The molecule has 2 rings (SSSR count). The van der Waals surface area contributed by atoms with Crippen LogP contribution in [0.2, 0.25) is 4.34 Å². The second-order valence-electron chi connectivity index (χ2n) is 4.71. The lowest BCUT2D eigenvalue weighted by molar-refractivity contribution is -0.123. The molecule has 0 aliphatic rings. The number of esters is 1. The zero-order valence-electron chi connectivity index (χ0n) is 13.3. The largest absolute Gasteiger partial charge is 0.497 e. The summed E-state index contributed by atoms with van der Waals surface area (Å²) >= 11 is 6.87. The second-order valence-corrected chi connectivity index (χ2v) is 6.42. The molecule has 1 aromatic heterocycles. The van der Waals surface area contributed by atoms with Crippen molar-refractivity contribution in [3.63, 3.8) is 0 Å². The van der Waals surface area contributed by atoms with Crippen LogP contribution in [0, 0.1) is 0 Å². The molecular formula is C16H16ClNO5S. The van der Waals surface area contributed by atoms with Crippen molar-refractivity contribution >= 4 is 40.5 Å². The molecular weight excluding hydrogens is 354 g/mol. The summed E-state index contributed by atoms with van der Waals surface area (Å²) in [7, 11) is 3.01. The van der Waals surface area contributed by atoms with Crippen molar-refractivity contribution in [1.29, 1.82) is 0 Å². The zero-order valence-corrected chi connectivity index (χ0v) is 14.9. The SMILES string of the molecule is COc1ccc(OC)c(NC(=O)[C@H](C)OC(=O)c2ccc(Cl)s2)c1. The number of rotatable bonds is 6. The lowest BCUT2D eigenvalue weighted by Crippen LogP contribution is -2.29. The number of ether oxygens (including phenoxy) is 3. The Morgan fingerprint density at radius 3 is 2.50 bits per heavy atom. The van der Waals surface area contributed by atoms with Crippen molar-refractivity contribution in [3.8, 4) is 11.5 Å². The number of hydrogen-bond donors (Lipinski definition) is 1. The van der Waals surface area contributed by atoms with Crippen molar-refractivity contribution in [1.82, 2.24) is 0 Å². The number of carbonyl (C=O) groups excluding carboxylic acids is 2. The fourth-order valence-electron chi connectivity index (χ4n) is 1.84.